The summed E-state index contributed by atoms with van der Waals surface area (Å²) in [4.78, 5) is 16.0. The monoisotopic (exact) mass is 458 g/mol. The van der Waals surface area contributed by atoms with E-state index in [0.29, 0.717) is 0 Å². The third-order valence-electron chi connectivity index (χ3n) is 5.23. The van der Waals surface area contributed by atoms with Crippen molar-refractivity contribution in [1.29, 1.82) is 0 Å². The first-order chi connectivity index (χ1) is 13.5. The zero-order valence-corrected chi connectivity index (χ0v) is 17.5. The lowest BCUT2D eigenvalue weighted by Gasteiger charge is -2.17. The average Bonchev–Trinajstić information content (AvgIpc) is 3.31. The molecular formula is C20H19BrN4O2S. The van der Waals surface area contributed by atoms with Crippen molar-refractivity contribution in [2.24, 2.45) is 4.47 Å². The quantitative estimate of drug-likeness (QED) is 0.510. The Labute approximate surface area is 173 Å². The molecule has 2 aromatic carbocycles. The molecule has 6 nitrogen and oxygen atoms in total. The molecule has 0 aliphatic heterocycles. The molecule has 0 saturated heterocycles. The Morgan fingerprint density at radius 3 is 2.25 bits per heavy atom. The zero-order chi connectivity index (χ0) is 19.7. The van der Waals surface area contributed by atoms with Gasteiger partial charge >= 0.3 is 6.03 Å². The maximum Gasteiger partial charge on any atom is 0.332 e. The molecule has 0 spiro atoms. The average molecular weight is 459 g/mol. The summed E-state index contributed by atoms with van der Waals surface area (Å²) < 4.78 is 20.0. The molecule has 0 heterocycles. The van der Waals surface area contributed by atoms with Crippen LogP contribution in [0.5, 0.6) is 0 Å². The van der Waals surface area contributed by atoms with Crippen LogP contribution < -0.4 is 10.0 Å². The second-order valence-corrected chi connectivity index (χ2v) is 9.76. The molecular weight excluding hydrogens is 440 g/mol. The lowest BCUT2D eigenvalue weighted by molar-refractivity contribution is 0.256. The predicted molar refractivity (Wildman–Crippen MR) is 112 cm³/mol. The maximum absolute atomic E-state index is 13.2. The Hall–Kier alpha value is -2.37. The second-order valence-electron chi connectivity index (χ2n) is 6.95. The molecule has 28 heavy (non-hydrogen) atoms. The summed E-state index contributed by atoms with van der Waals surface area (Å²) in [7, 11) is -3.39. The second kappa shape index (κ2) is 7.57. The summed E-state index contributed by atoms with van der Waals surface area (Å²) >= 11 is 3.32. The molecule has 2 aliphatic rings. The van der Waals surface area contributed by atoms with Gasteiger partial charge in [0.1, 0.15) is 0 Å². The minimum absolute atomic E-state index is 0.283. The van der Waals surface area contributed by atoms with Gasteiger partial charge in [-0.05, 0) is 85.0 Å². The van der Waals surface area contributed by atoms with Gasteiger partial charge in [0.25, 0.3) is 0 Å². The molecule has 2 amide bonds. The highest BCUT2D eigenvalue weighted by Gasteiger charge is 2.26. The number of aryl methyl sites for hydroxylation is 2. The van der Waals surface area contributed by atoms with Crippen molar-refractivity contribution in [2.45, 2.75) is 43.4 Å². The van der Waals surface area contributed by atoms with Gasteiger partial charge < -0.3 is 5.32 Å². The molecule has 0 aromatic heterocycles. The van der Waals surface area contributed by atoms with Crippen LogP contribution in [-0.4, -0.2) is 10.2 Å². The molecule has 0 radical (unpaired) electrons. The van der Waals surface area contributed by atoms with Crippen molar-refractivity contribution in [3.05, 3.63) is 68.6 Å². The van der Waals surface area contributed by atoms with Gasteiger partial charge in [0, 0.05) is 10.2 Å². The van der Waals surface area contributed by atoms with Gasteiger partial charge in [-0.25, -0.2) is 13.7 Å². The van der Waals surface area contributed by atoms with Crippen molar-refractivity contribution in [1.82, 2.24) is 4.72 Å². The number of carbonyl (C=O) groups excluding carboxylic acids is 1. The Morgan fingerprint density at radius 2 is 1.68 bits per heavy atom. The topological polar surface area (TPSA) is 74.9 Å². The molecule has 1 atom stereocenters. The molecule has 2 aromatic rings. The summed E-state index contributed by atoms with van der Waals surface area (Å²) in [5, 5.41) is 2.94. The summed E-state index contributed by atoms with van der Waals surface area (Å²) in [6, 6.07) is 8.25. The molecule has 8 heteroatoms. The van der Waals surface area contributed by atoms with Gasteiger partial charge in [0.2, 0.25) is 9.92 Å². The molecule has 0 saturated carbocycles. The van der Waals surface area contributed by atoms with E-state index in [-0.39, 0.29) is 4.90 Å². The Morgan fingerprint density at radius 1 is 1.07 bits per heavy atom. The molecule has 0 bridgehead atoms. The number of benzene rings is 2. The van der Waals surface area contributed by atoms with E-state index in [1.807, 2.05) is 0 Å². The minimum atomic E-state index is -3.39. The van der Waals surface area contributed by atoms with E-state index in [9.17, 15) is 9.00 Å². The van der Waals surface area contributed by atoms with Gasteiger partial charge in [-0.2, -0.15) is 6.57 Å². The fourth-order valence-corrected chi connectivity index (χ4v) is 5.47. The highest BCUT2D eigenvalue weighted by atomic mass is 79.9. The van der Waals surface area contributed by atoms with E-state index in [0.717, 1.165) is 48.7 Å². The molecule has 144 valence electrons. The van der Waals surface area contributed by atoms with Gasteiger partial charge in [-0.3, -0.25) is 0 Å². The van der Waals surface area contributed by atoms with Gasteiger partial charge in [0.15, 0.2) is 4.47 Å². The number of rotatable bonds is 3. The Balaban J connectivity index is 1.65. The Bertz CT molecular complexity index is 1080. The van der Waals surface area contributed by atoms with E-state index >= 15 is 0 Å². The largest absolute Gasteiger partial charge is 0.332 e. The zero-order valence-electron chi connectivity index (χ0n) is 15.1. The molecule has 4 rings (SSSR count). The number of carbonyl (C=O) groups is 1. The van der Waals surface area contributed by atoms with Crippen LogP contribution in [0, 0.1) is 6.57 Å². The first kappa shape index (κ1) is 19.0. The molecule has 1 unspecified atom stereocenters. The van der Waals surface area contributed by atoms with Crippen molar-refractivity contribution in [2.75, 3.05) is 5.32 Å². The summed E-state index contributed by atoms with van der Waals surface area (Å²) in [5.41, 5.74) is 5.84. The predicted octanol–water partition coefficient (Wildman–Crippen LogP) is 4.82. The fraction of sp³-hybridized carbons (Fsp3) is 0.300. The van der Waals surface area contributed by atoms with E-state index in [2.05, 4.69) is 41.5 Å². The number of nitrogens with zero attached hydrogens (tertiary/aromatic N) is 2. The van der Waals surface area contributed by atoms with Gasteiger partial charge in [-0.1, -0.05) is 22.0 Å². The number of fused-ring (bicyclic) bond motifs is 2. The van der Waals surface area contributed by atoms with E-state index < -0.39 is 15.9 Å². The minimum Gasteiger partial charge on any atom is -0.307 e. The lowest BCUT2D eigenvalue weighted by atomic mass is 9.99. The van der Waals surface area contributed by atoms with E-state index in [1.165, 1.54) is 22.3 Å². The first-order valence-electron chi connectivity index (χ1n) is 9.14. The number of hydrogen-bond acceptors (Lipinski definition) is 3. The first-order valence-corrected chi connectivity index (χ1v) is 11.4. The SMILES string of the molecule is [C-]#[N+]N=S(=O)(NC(=O)Nc1c2c(cc3c1CCC3)CCC2)c1ccc(Br)cc1. The van der Waals surface area contributed by atoms with Gasteiger partial charge in [0.05, 0.1) is 4.90 Å². The number of amides is 2. The van der Waals surface area contributed by atoms with Crippen molar-refractivity contribution in [3.8, 4) is 0 Å². The highest BCUT2D eigenvalue weighted by Crippen LogP contribution is 2.38. The van der Waals surface area contributed by atoms with Crippen LogP contribution in [0.25, 0.3) is 4.95 Å². The third-order valence-corrected chi connectivity index (χ3v) is 7.45. The fourth-order valence-electron chi connectivity index (χ4n) is 4.03. The van der Waals surface area contributed by atoms with Crippen LogP contribution in [0.2, 0.25) is 0 Å². The molecule has 2 N–H and O–H groups in total. The van der Waals surface area contributed by atoms with Crippen LogP contribution in [0.1, 0.15) is 35.1 Å². The van der Waals surface area contributed by atoms with Crippen molar-refractivity contribution >= 4 is 37.6 Å². The molecule has 2 aliphatic carbocycles. The smallest absolute Gasteiger partial charge is 0.307 e. The number of hydrogen-bond donors (Lipinski definition) is 2. The molecule has 0 fully saturated rings. The summed E-state index contributed by atoms with van der Waals surface area (Å²) in [5.74, 6) is 0. The van der Waals surface area contributed by atoms with Crippen LogP contribution >= 0.6 is 15.9 Å². The van der Waals surface area contributed by atoms with Crippen molar-refractivity contribution < 1.29 is 9.00 Å². The van der Waals surface area contributed by atoms with Crippen LogP contribution in [0.3, 0.4) is 0 Å². The summed E-state index contributed by atoms with van der Waals surface area (Å²) in [6.45, 7) is 7.01. The van der Waals surface area contributed by atoms with E-state index in [4.69, 9.17) is 6.57 Å². The third kappa shape index (κ3) is 3.52. The van der Waals surface area contributed by atoms with Crippen LogP contribution in [0.15, 0.2) is 44.2 Å². The summed E-state index contributed by atoms with van der Waals surface area (Å²) in [6.07, 6.45) is 6.09. The van der Waals surface area contributed by atoms with Crippen molar-refractivity contribution in [3.63, 3.8) is 0 Å². The lowest BCUT2D eigenvalue weighted by Crippen LogP contribution is -2.34. The normalized spacial score (nSPS) is 16.4. The maximum atomic E-state index is 13.2. The number of halogens is 1. The van der Waals surface area contributed by atoms with Crippen LogP contribution in [0.4, 0.5) is 10.5 Å². The highest BCUT2D eigenvalue weighted by molar-refractivity contribution is 9.10. The Kier molecular flexibility index (Phi) is 5.13. The number of nitrogens with one attached hydrogen (secondary N) is 2. The van der Waals surface area contributed by atoms with E-state index in [1.54, 1.807) is 24.3 Å². The number of urea groups is 1. The van der Waals surface area contributed by atoms with Crippen LogP contribution in [-0.2, 0) is 35.6 Å². The number of anilines is 1. The van der Waals surface area contributed by atoms with Gasteiger partial charge in [-0.15, -0.1) is 4.95 Å². The standard InChI is InChI=1S/C20H19BrN4O2S/c1-22-25-28(27,16-10-8-15(21)9-11-16)24-20(26)23-19-17-6-2-4-13(17)12-14-5-3-7-18(14)19/h8-12H,2-7H2,(H2,23,24,25,26,27).